The summed E-state index contributed by atoms with van der Waals surface area (Å²) in [7, 11) is 0. The van der Waals surface area contributed by atoms with Crippen LogP contribution in [0.25, 0.3) is 0 Å². The molecule has 1 unspecified atom stereocenters. The molecule has 0 aliphatic heterocycles. The van der Waals surface area contributed by atoms with Crippen LogP contribution < -0.4 is 5.73 Å². The van der Waals surface area contributed by atoms with Crippen molar-refractivity contribution < 1.29 is 9.50 Å². The van der Waals surface area contributed by atoms with Gasteiger partial charge in [0.2, 0.25) is 0 Å². The predicted molar refractivity (Wildman–Crippen MR) is 58.5 cm³/mol. The van der Waals surface area contributed by atoms with E-state index in [1.54, 1.807) is 6.92 Å². The number of hydrogen-bond acceptors (Lipinski definition) is 2. The number of benzene rings is 1. The van der Waals surface area contributed by atoms with Crippen LogP contribution in [-0.2, 0) is 0 Å². The van der Waals surface area contributed by atoms with Crippen LogP contribution in [-0.4, -0.2) is 5.11 Å². The van der Waals surface area contributed by atoms with Gasteiger partial charge in [-0.2, -0.15) is 0 Å². The number of hydrogen-bond donors (Lipinski definition) is 2. The van der Waals surface area contributed by atoms with Gasteiger partial charge in [-0.3, -0.25) is 0 Å². The fourth-order valence-electron chi connectivity index (χ4n) is 1.32. The average Bonchev–Trinajstić information content (AvgIpc) is 2.22. The van der Waals surface area contributed by atoms with Crippen molar-refractivity contribution in [2.24, 2.45) is 0 Å². The van der Waals surface area contributed by atoms with E-state index in [0.717, 1.165) is 0 Å². The van der Waals surface area contributed by atoms with E-state index in [4.69, 9.17) is 5.73 Å². The van der Waals surface area contributed by atoms with Crippen molar-refractivity contribution in [1.29, 1.82) is 0 Å². The van der Waals surface area contributed by atoms with Crippen LogP contribution in [0, 0.1) is 17.7 Å². The van der Waals surface area contributed by atoms with E-state index < -0.39 is 6.10 Å². The van der Waals surface area contributed by atoms with E-state index in [1.165, 1.54) is 18.2 Å². The molecular weight excluding hydrogens is 193 g/mol. The lowest BCUT2D eigenvalue weighted by Gasteiger charge is -2.11. The van der Waals surface area contributed by atoms with Gasteiger partial charge in [0.15, 0.2) is 0 Å². The normalized spacial score (nSPS) is 11.7. The first-order valence-electron chi connectivity index (χ1n) is 4.77. The summed E-state index contributed by atoms with van der Waals surface area (Å²) in [5.41, 5.74) is 6.48. The number of nitrogens with two attached hydrogens (primary N) is 1. The van der Waals surface area contributed by atoms with Crippen molar-refractivity contribution in [2.75, 3.05) is 5.73 Å². The molecule has 15 heavy (non-hydrogen) atoms. The van der Waals surface area contributed by atoms with E-state index in [1.807, 2.05) is 0 Å². The molecule has 1 aromatic carbocycles. The quantitative estimate of drug-likeness (QED) is 0.590. The number of anilines is 1. The molecule has 80 valence electrons. The molecule has 0 aliphatic carbocycles. The van der Waals surface area contributed by atoms with Crippen molar-refractivity contribution in [3.8, 4) is 11.8 Å². The Kier molecular flexibility index (Phi) is 4.14. The fraction of sp³-hybridized carbons (Fsp3) is 0.333. The third-order valence-corrected chi connectivity index (χ3v) is 2.13. The Hall–Kier alpha value is -1.53. The SMILES string of the molecule is CC#CCCC(O)c1cc(F)ccc1N. The second-order valence-corrected chi connectivity index (χ2v) is 3.25. The van der Waals surface area contributed by atoms with Gasteiger partial charge in [-0.05, 0) is 31.5 Å². The number of aliphatic hydroxyl groups is 1. The minimum Gasteiger partial charge on any atom is -0.398 e. The van der Waals surface area contributed by atoms with Crippen LogP contribution in [0.1, 0.15) is 31.4 Å². The third-order valence-electron chi connectivity index (χ3n) is 2.13. The van der Waals surface area contributed by atoms with Crippen LogP contribution in [0.15, 0.2) is 18.2 Å². The second-order valence-electron chi connectivity index (χ2n) is 3.25. The molecule has 0 saturated heterocycles. The topological polar surface area (TPSA) is 46.2 Å². The Morgan fingerprint density at radius 3 is 2.93 bits per heavy atom. The lowest BCUT2D eigenvalue weighted by Crippen LogP contribution is -2.02. The smallest absolute Gasteiger partial charge is 0.123 e. The van der Waals surface area contributed by atoms with Crippen LogP contribution >= 0.6 is 0 Å². The molecule has 0 amide bonds. The molecule has 0 bridgehead atoms. The van der Waals surface area contributed by atoms with E-state index in [2.05, 4.69) is 11.8 Å². The molecule has 1 rings (SSSR count). The summed E-state index contributed by atoms with van der Waals surface area (Å²) >= 11 is 0. The summed E-state index contributed by atoms with van der Waals surface area (Å²) in [5, 5.41) is 9.74. The number of aliphatic hydroxyl groups excluding tert-OH is 1. The van der Waals surface area contributed by atoms with E-state index in [0.29, 0.717) is 24.1 Å². The van der Waals surface area contributed by atoms with Crippen LogP contribution in [0.5, 0.6) is 0 Å². The van der Waals surface area contributed by atoms with Gasteiger partial charge in [-0.25, -0.2) is 4.39 Å². The summed E-state index contributed by atoms with van der Waals surface area (Å²) < 4.78 is 12.9. The standard InChI is InChI=1S/C12H14FNO/c1-2-3-4-5-12(15)10-8-9(13)6-7-11(10)14/h6-8,12,15H,4-5,14H2,1H3. The molecule has 0 fully saturated rings. The van der Waals surface area contributed by atoms with E-state index >= 15 is 0 Å². The summed E-state index contributed by atoms with van der Waals surface area (Å²) in [6.45, 7) is 1.74. The molecule has 1 atom stereocenters. The van der Waals surface area contributed by atoms with Crippen molar-refractivity contribution in [3.05, 3.63) is 29.6 Å². The highest BCUT2D eigenvalue weighted by Gasteiger charge is 2.11. The first kappa shape index (κ1) is 11.5. The first-order valence-corrected chi connectivity index (χ1v) is 4.77. The van der Waals surface area contributed by atoms with Gasteiger partial charge in [-0.1, -0.05) is 0 Å². The second kappa shape index (κ2) is 5.38. The Morgan fingerprint density at radius 2 is 2.27 bits per heavy atom. The summed E-state index contributed by atoms with van der Waals surface area (Å²) in [4.78, 5) is 0. The zero-order valence-corrected chi connectivity index (χ0v) is 8.63. The summed E-state index contributed by atoms with van der Waals surface area (Å²) in [6, 6.07) is 4.00. The molecule has 0 aromatic heterocycles. The van der Waals surface area contributed by atoms with E-state index in [9.17, 15) is 9.50 Å². The molecule has 0 spiro atoms. The molecule has 0 saturated carbocycles. The van der Waals surface area contributed by atoms with Gasteiger partial charge in [0, 0.05) is 17.7 Å². The lowest BCUT2D eigenvalue weighted by molar-refractivity contribution is 0.170. The van der Waals surface area contributed by atoms with Gasteiger partial charge >= 0.3 is 0 Å². The van der Waals surface area contributed by atoms with Crippen molar-refractivity contribution in [2.45, 2.75) is 25.9 Å². The molecule has 0 radical (unpaired) electrons. The van der Waals surface area contributed by atoms with Crippen molar-refractivity contribution >= 4 is 5.69 Å². The largest absolute Gasteiger partial charge is 0.398 e. The maximum Gasteiger partial charge on any atom is 0.123 e. The van der Waals surface area contributed by atoms with Crippen LogP contribution in [0.2, 0.25) is 0 Å². The third kappa shape index (κ3) is 3.26. The molecule has 0 aliphatic rings. The molecule has 2 nitrogen and oxygen atoms in total. The van der Waals surface area contributed by atoms with Crippen LogP contribution in [0.3, 0.4) is 0 Å². The van der Waals surface area contributed by atoms with Crippen molar-refractivity contribution in [3.63, 3.8) is 0 Å². The fourth-order valence-corrected chi connectivity index (χ4v) is 1.32. The van der Waals surface area contributed by atoms with Crippen molar-refractivity contribution in [1.82, 2.24) is 0 Å². The van der Waals surface area contributed by atoms with Gasteiger partial charge in [0.05, 0.1) is 6.10 Å². The van der Waals surface area contributed by atoms with Gasteiger partial charge in [-0.15, -0.1) is 11.8 Å². The highest BCUT2D eigenvalue weighted by atomic mass is 19.1. The van der Waals surface area contributed by atoms with E-state index in [-0.39, 0.29) is 5.82 Å². The highest BCUT2D eigenvalue weighted by Crippen LogP contribution is 2.24. The van der Waals surface area contributed by atoms with Gasteiger partial charge in [0.25, 0.3) is 0 Å². The maximum absolute atomic E-state index is 12.9. The molecule has 1 aromatic rings. The number of rotatable bonds is 3. The average molecular weight is 207 g/mol. The summed E-state index contributed by atoms with van der Waals surface area (Å²) in [6.07, 6.45) is 0.295. The monoisotopic (exact) mass is 207 g/mol. The van der Waals surface area contributed by atoms with Gasteiger partial charge < -0.3 is 10.8 Å². The number of halogens is 1. The Balaban J connectivity index is 2.74. The molecular formula is C12H14FNO. The molecule has 3 heteroatoms. The molecule has 0 heterocycles. The Labute approximate surface area is 88.9 Å². The predicted octanol–water partition coefficient (Wildman–Crippen LogP) is 2.24. The lowest BCUT2D eigenvalue weighted by atomic mass is 10.0. The first-order chi connectivity index (χ1) is 7.15. The summed E-state index contributed by atoms with van der Waals surface area (Å²) in [5.74, 6) is 5.18. The Morgan fingerprint density at radius 1 is 1.53 bits per heavy atom. The molecule has 3 N–H and O–H groups in total. The van der Waals surface area contributed by atoms with Crippen LogP contribution in [0.4, 0.5) is 10.1 Å². The maximum atomic E-state index is 12.9. The zero-order valence-electron chi connectivity index (χ0n) is 8.63. The zero-order chi connectivity index (χ0) is 11.3. The Bertz CT molecular complexity index is 392. The highest BCUT2D eigenvalue weighted by molar-refractivity contribution is 5.47. The minimum atomic E-state index is -0.749. The minimum absolute atomic E-state index is 0.389. The number of nitrogen functional groups attached to an aromatic ring is 1. The van der Waals surface area contributed by atoms with Gasteiger partial charge in [0.1, 0.15) is 5.82 Å².